The number of rotatable bonds is 19. The molecule has 0 aliphatic heterocycles. The Morgan fingerprint density at radius 3 is 1.34 bits per heavy atom. The molecule has 0 fully saturated rings. The van der Waals surface area contributed by atoms with Gasteiger partial charge in [0.2, 0.25) is 0 Å². The molecule has 4 aromatic heterocycles. The van der Waals surface area contributed by atoms with Crippen LogP contribution in [0.4, 0.5) is 17.1 Å². The molecule has 0 radical (unpaired) electrons. The van der Waals surface area contributed by atoms with Gasteiger partial charge < -0.3 is 10.0 Å². The van der Waals surface area contributed by atoms with Crippen molar-refractivity contribution in [1.82, 2.24) is 0 Å². The highest BCUT2D eigenvalue weighted by atomic mass is 32.1. The van der Waals surface area contributed by atoms with E-state index in [9.17, 15) is 15.2 Å². The fourth-order valence-corrected chi connectivity index (χ4v) is 11.3. The molecule has 4 nitrogen and oxygen atoms in total. The molecule has 7 aromatic rings. The minimum Gasteiger partial charge on any atom is -0.477 e. The average molecular weight is 837 g/mol. The first-order valence-electron chi connectivity index (χ1n) is 20.3. The first-order valence-corrected chi connectivity index (χ1v) is 23.5. The molecule has 0 saturated carbocycles. The maximum absolute atomic E-state index is 11.5. The molecular weight excluding hydrogens is 789 g/mol. The number of benzene rings is 3. The van der Waals surface area contributed by atoms with Crippen LogP contribution in [0.25, 0.3) is 46.5 Å². The Morgan fingerprint density at radius 2 is 0.931 bits per heavy atom. The van der Waals surface area contributed by atoms with Gasteiger partial charge >= 0.3 is 5.97 Å². The number of nitriles is 1. The van der Waals surface area contributed by atoms with Gasteiger partial charge in [-0.15, -0.1) is 45.3 Å². The molecule has 0 aliphatic rings. The van der Waals surface area contributed by atoms with Crippen LogP contribution in [0.3, 0.4) is 0 Å². The van der Waals surface area contributed by atoms with Gasteiger partial charge in [-0.1, -0.05) is 88.8 Å². The van der Waals surface area contributed by atoms with E-state index in [-0.39, 0.29) is 5.57 Å². The summed E-state index contributed by atoms with van der Waals surface area (Å²) in [6.07, 6.45) is 14.0. The van der Waals surface area contributed by atoms with Crippen molar-refractivity contribution in [3.05, 3.63) is 142 Å². The van der Waals surface area contributed by atoms with Crippen molar-refractivity contribution in [2.24, 2.45) is 0 Å². The summed E-state index contributed by atoms with van der Waals surface area (Å²) in [7, 11) is 0. The molecule has 0 bridgehead atoms. The van der Waals surface area contributed by atoms with Crippen molar-refractivity contribution >= 4 is 74.5 Å². The molecule has 7 rings (SSSR count). The lowest BCUT2D eigenvalue weighted by Crippen LogP contribution is -2.09. The van der Waals surface area contributed by atoms with Crippen LogP contribution >= 0.6 is 45.3 Å². The Morgan fingerprint density at radius 1 is 0.534 bits per heavy atom. The normalized spacial score (nSPS) is 11.5. The smallest absolute Gasteiger partial charge is 0.346 e. The maximum atomic E-state index is 11.5. The second kappa shape index (κ2) is 20.1. The van der Waals surface area contributed by atoms with E-state index >= 15 is 0 Å². The van der Waals surface area contributed by atoms with E-state index in [0.717, 1.165) is 29.9 Å². The summed E-state index contributed by atoms with van der Waals surface area (Å²) in [5, 5.41) is 18.7. The van der Waals surface area contributed by atoms with Gasteiger partial charge in [-0.3, -0.25) is 0 Å². The number of thiophene rings is 4. The van der Waals surface area contributed by atoms with Crippen LogP contribution in [-0.4, -0.2) is 11.1 Å². The first kappa shape index (κ1) is 41.1. The van der Waals surface area contributed by atoms with Crippen molar-refractivity contribution in [2.75, 3.05) is 4.90 Å². The largest absolute Gasteiger partial charge is 0.477 e. The number of carboxylic acid groups (broad SMARTS) is 1. The number of aryl methyl sites for hydroxylation is 2. The Bertz CT molecular complexity index is 2340. The molecule has 0 amide bonds. The molecule has 0 unspecified atom stereocenters. The number of unbranched alkanes of at least 4 members (excludes halogenated alkanes) is 6. The second-order valence-electron chi connectivity index (χ2n) is 14.5. The topological polar surface area (TPSA) is 64.3 Å². The average Bonchev–Trinajstić information content (AvgIpc) is 4.09. The van der Waals surface area contributed by atoms with Gasteiger partial charge in [0.25, 0.3) is 0 Å². The number of hydrogen-bond donors (Lipinski definition) is 1. The molecule has 0 spiro atoms. The summed E-state index contributed by atoms with van der Waals surface area (Å²) in [4.78, 5) is 24.4. The summed E-state index contributed by atoms with van der Waals surface area (Å²) in [6, 6.07) is 45.0. The van der Waals surface area contributed by atoms with Crippen LogP contribution in [0, 0.1) is 11.3 Å². The highest BCUT2D eigenvalue weighted by Crippen LogP contribution is 2.42. The summed E-state index contributed by atoms with van der Waals surface area (Å²) >= 11 is 7.51. The minimum absolute atomic E-state index is 0.298. The zero-order valence-electron chi connectivity index (χ0n) is 33.1. The zero-order chi connectivity index (χ0) is 40.3. The summed E-state index contributed by atoms with van der Waals surface area (Å²) in [6.45, 7) is 4.52. The van der Waals surface area contributed by atoms with Crippen molar-refractivity contribution < 1.29 is 9.90 Å². The number of anilines is 3. The van der Waals surface area contributed by atoms with E-state index in [0.29, 0.717) is 5.56 Å². The number of carboxylic acids is 1. The quantitative estimate of drug-likeness (QED) is 0.0501. The minimum atomic E-state index is -1.24. The van der Waals surface area contributed by atoms with Gasteiger partial charge in [-0.25, -0.2) is 4.79 Å². The lowest BCUT2D eigenvalue weighted by molar-refractivity contribution is -0.132. The molecule has 0 aliphatic carbocycles. The number of aliphatic carboxylic acids is 1. The van der Waals surface area contributed by atoms with Crippen LogP contribution in [0.5, 0.6) is 0 Å². The van der Waals surface area contributed by atoms with Crippen molar-refractivity contribution in [2.45, 2.75) is 78.1 Å². The Kier molecular flexibility index (Phi) is 14.2. The van der Waals surface area contributed by atoms with Gasteiger partial charge in [-0.2, -0.15) is 5.26 Å². The number of nitrogens with zero attached hydrogens (tertiary/aromatic N) is 2. The third kappa shape index (κ3) is 10.3. The molecule has 58 heavy (non-hydrogen) atoms. The van der Waals surface area contributed by atoms with E-state index in [1.165, 1.54) is 108 Å². The van der Waals surface area contributed by atoms with Gasteiger partial charge in [0.05, 0.1) is 0 Å². The standard InChI is InChI=1S/C50H48N2O2S4/c1-3-5-7-9-11-42-25-27-46(55-42)48-31-29-44(57-48)36-15-21-40(22-16-36)52(39-19-13-35(14-20-39)33-38(34-51)50(53)54)41-23-17-37(18-24-41)45-30-32-49(58-45)47-28-26-43(56-47)12-10-8-6-4-2/h13-33H,3-12H2,1-2H3,(H,53,54)/b38-33-. The predicted molar refractivity (Wildman–Crippen MR) is 251 cm³/mol. The van der Waals surface area contributed by atoms with E-state index in [4.69, 9.17) is 0 Å². The fourth-order valence-electron chi connectivity index (χ4n) is 7.02. The SMILES string of the molecule is CCCCCCc1ccc(-c2ccc(-c3ccc(N(c4ccc(/C=C(/C#N)C(=O)O)cc4)c4ccc(-c5ccc(-c6ccc(CCCCCC)s6)s5)cc4)cc3)s2)s1. The van der Waals surface area contributed by atoms with Crippen molar-refractivity contribution in [3.8, 4) is 46.5 Å². The third-order valence-electron chi connectivity index (χ3n) is 10.2. The molecule has 3 aromatic carbocycles. The highest BCUT2D eigenvalue weighted by molar-refractivity contribution is 7.24. The van der Waals surface area contributed by atoms with E-state index in [1.807, 2.05) is 69.6 Å². The monoisotopic (exact) mass is 836 g/mol. The Hall–Kier alpha value is -5.04. The molecule has 1 N–H and O–H groups in total. The van der Waals surface area contributed by atoms with Gasteiger partial charge in [-0.05, 0) is 133 Å². The zero-order valence-corrected chi connectivity index (χ0v) is 36.3. The molecular formula is C50H48N2O2S4. The molecule has 8 heteroatoms. The van der Waals surface area contributed by atoms with Crippen LogP contribution in [-0.2, 0) is 17.6 Å². The van der Waals surface area contributed by atoms with E-state index in [2.05, 4.69) is 116 Å². The van der Waals surface area contributed by atoms with Crippen LogP contribution < -0.4 is 4.90 Å². The van der Waals surface area contributed by atoms with E-state index in [1.54, 1.807) is 6.07 Å². The van der Waals surface area contributed by atoms with E-state index < -0.39 is 5.97 Å². The Balaban J connectivity index is 1.12. The van der Waals surface area contributed by atoms with Crippen LogP contribution in [0.15, 0.2) is 127 Å². The molecule has 4 heterocycles. The Labute approximate surface area is 359 Å². The summed E-state index contributed by atoms with van der Waals surface area (Å²) in [5.41, 5.74) is 5.64. The van der Waals surface area contributed by atoms with Gasteiger partial charge in [0.1, 0.15) is 11.6 Å². The number of carbonyl (C=O) groups is 1. The third-order valence-corrected chi connectivity index (χ3v) is 15.2. The first-order chi connectivity index (χ1) is 28.4. The van der Waals surface area contributed by atoms with Crippen molar-refractivity contribution in [3.63, 3.8) is 0 Å². The molecule has 0 atom stereocenters. The fraction of sp³-hybridized carbons (Fsp3) is 0.240. The summed E-state index contributed by atoms with van der Waals surface area (Å²) < 4.78 is 0. The molecule has 294 valence electrons. The van der Waals surface area contributed by atoms with Crippen LogP contribution in [0.1, 0.15) is 80.5 Å². The summed E-state index contributed by atoms with van der Waals surface area (Å²) in [5.74, 6) is -1.24. The lowest BCUT2D eigenvalue weighted by Gasteiger charge is -2.26. The highest BCUT2D eigenvalue weighted by Gasteiger charge is 2.16. The van der Waals surface area contributed by atoms with Crippen molar-refractivity contribution in [1.29, 1.82) is 5.26 Å². The lowest BCUT2D eigenvalue weighted by atomic mass is 10.1. The van der Waals surface area contributed by atoms with Gasteiger partial charge in [0, 0.05) is 56.1 Å². The van der Waals surface area contributed by atoms with Crippen LogP contribution in [0.2, 0.25) is 0 Å². The maximum Gasteiger partial charge on any atom is 0.346 e. The predicted octanol–water partition coefficient (Wildman–Crippen LogP) is 16.3. The number of hydrogen-bond acceptors (Lipinski definition) is 7. The second-order valence-corrected chi connectivity index (χ2v) is 19.0. The van der Waals surface area contributed by atoms with Gasteiger partial charge in [0.15, 0.2) is 0 Å². The molecule has 0 saturated heterocycles.